The van der Waals surface area contributed by atoms with Gasteiger partial charge in [0.2, 0.25) is 11.8 Å². The topological polar surface area (TPSA) is 105 Å². The number of benzene rings is 1. The molecule has 0 bridgehead atoms. The number of carbonyl (C=O) groups is 2. The molecule has 2 N–H and O–H groups in total. The highest BCUT2D eigenvalue weighted by Gasteiger charge is 2.40. The molecule has 4 rings (SSSR count). The summed E-state index contributed by atoms with van der Waals surface area (Å²) in [6.45, 7) is 3.19. The molecule has 2 amide bonds. The van der Waals surface area contributed by atoms with E-state index in [9.17, 15) is 9.59 Å². The first-order valence-electron chi connectivity index (χ1n) is 12.7. The fraction of sp³-hybridized carbons (Fsp3) is 0.640. The zero-order valence-corrected chi connectivity index (χ0v) is 20.3. The summed E-state index contributed by atoms with van der Waals surface area (Å²) in [7, 11) is 1.79. The Kier molecular flexibility index (Phi) is 8.26. The van der Waals surface area contributed by atoms with Crippen molar-refractivity contribution in [1.29, 1.82) is 0 Å². The number of amides is 2. The van der Waals surface area contributed by atoms with Gasteiger partial charge in [-0.25, -0.2) is 4.68 Å². The second-order valence-corrected chi connectivity index (χ2v) is 9.50. The average Bonchev–Trinajstić information content (AvgIpc) is 3.53. The van der Waals surface area contributed by atoms with Gasteiger partial charge in [0, 0.05) is 6.54 Å². The largest absolute Gasteiger partial charge is 0.343 e. The molecule has 1 saturated heterocycles. The lowest BCUT2D eigenvalue weighted by molar-refractivity contribution is -0.139. The maximum atomic E-state index is 14.0. The second kappa shape index (κ2) is 11.6. The SMILES string of the molecule is CCC(NC)C(=O)N[C@H](C(=O)N1CCCC1c1nnnn1Cc1ccccc1)C1CCCCC1. The summed E-state index contributed by atoms with van der Waals surface area (Å²) in [5.41, 5.74) is 1.11. The van der Waals surface area contributed by atoms with E-state index in [4.69, 9.17) is 0 Å². The molecule has 2 aromatic rings. The van der Waals surface area contributed by atoms with Gasteiger partial charge in [-0.2, -0.15) is 0 Å². The predicted molar refractivity (Wildman–Crippen MR) is 129 cm³/mol. The van der Waals surface area contributed by atoms with Crippen molar-refractivity contribution in [3.8, 4) is 0 Å². The Hall–Kier alpha value is -2.81. The van der Waals surface area contributed by atoms with Crippen LogP contribution in [0.5, 0.6) is 0 Å². The Labute approximate surface area is 201 Å². The summed E-state index contributed by atoms with van der Waals surface area (Å²) in [5, 5.41) is 18.7. The van der Waals surface area contributed by atoms with Gasteiger partial charge in [-0.15, -0.1) is 5.10 Å². The molecule has 2 heterocycles. The van der Waals surface area contributed by atoms with Crippen LogP contribution in [0.1, 0.15) is 75.7 Å². The number of tetrazole rings is 1. The molecule has 0 radical (unpaired) electrons. The van der Waals surface area contributed by atoms with Crippen LogP contribution in [0.2, 0.25) is 0 Å². The van der Waals surface area contributed by atoms with Crippen molar-refractivity contribution in [3.63, 3.8) is 0 Å². The quantitative estimate of drug-likeness (QED) is 0.587. The van der Waals surface area contributed by atoms with Crippen molar-refractivity contribution in [3.05, 3.63) is 41.7 Å². The maximum Gasteiger partial charge on any atom is 0.246 e. The number of likely N-dealkylation sites (tertiary alicyclic amines) is 1. The first-order chi connectivity index (χ1) is 16.6. The number of aromatic nitrogens is 4. The molecule has 1 aromatic carbocycles. The third kappa shape index (κ3) is 5.46. The van der Waals surface area contributed by atoms with Gasteiger partial charge in [-0.1, -0.05) is 56.5 Å². The number of carbonyl (C=O) groups excluding carboxylic acids is 2. The average molecular weight is 468 g/mol. The number of likely N-dealkylation sites (N-methyl/N-ethyl adjacent to an activating group) is 1. The van der Waals surface area contributed by atoms with E-state index < -0.39 is 6.04 Å². The van der Waals surface area contributed by atoms with Crippen molar-refractivity contribution >= 4 is 11.8 Å². The Morgan fingerprint density at radius 1 is 1.09 bits per heavy atom. The van der Waals surface area contributed by atoms with Crippen molar-refractivity contribution in [1.82, 2.24) is 35.7 Å². The predicted octanol–water partition coefficient (Wildman–Crippen LogP) is 2.45. The van der Waals surface area contributed by atoms with E-state index in [0.29, 0.717) is 25.3 Å². The molecule has 34 heavy (non-hydrogen) atoms. The van der Waals surface area contributed by atoms with Crippen LogP contribution in [0.3, 0.4) is 0 Å². The molecule has 9 heteroatoms. The zero-order chi connectivity index (χ0) is 23.9. The Morgan fingerprint density at radius 2 is 1.85 bits per heavy atom. The molecule has 3 atom stereocenters. The number of nitrogens with one attached hydrogen (secondary N) is 2. The fourth-order valence-electron chi connectivity index (χ4n) is 5.42. The van der Waals surface area contributed by atoms with Gasteiger partial charge in [0.15, 0.2) is 5.82 Å². The summed E-state index contributed by atoms with van der Waals surface area (Å²) in [6, 6.07) is 9.08. The number of rotatable bonds is 9. The van der Waals surface area contributed by atoms with Gasteiger partial charge >= 0.3 is 0 Å². The first kappa shape index (κ1) is 24.3. The van der Waals surface area contributed by atoms with Crippen LogP contribution in [-0.2, 0) is 16.1 Å². The third-order valence-corrected chi connectivity index (χ3v) is 7.33. The Balaban J connectivity index is 1.55. The van der Waals surface area contributed by atoms with E-state index >= 15 is 0 Å². The lowest BCUT2D eigenvalue weighted by atomic mass is 9.83. The summed E-state index contributed by atoms with van der Waals surface area (Å²) >= 11 is 0. The smallest absolute Gasteiger partial charge is 0.246 e. The molecule has 184 valence electrons. The molecule has 1 saturated carbocycles. The van der Waals surface area contributed by atoms with Crippen molar-refractivity contribution < 1.29 is 9.59 Å². The van der Waals surface area contributed by atoms with Crippen molar-refractivity contribution in [2.75, 3.05) is 13.6 Å². The normalized spacial score (nSPS) is 20.8. The van der Waals surface area contributed by atoms with Gasteiger partial charge in [-0.05, 0) is 61.1 Å². The Bertz CT molecular complexity index is 938. The molecule has 1 aliphatic carbocycles. The lowest BCUT2D eigenvalue weighted by Crippen LogP contribution is -2.56. The Morgan fingerprint density at radius 3 is 2.56 bits per heavy atom. The van der Waals surface area contributed by atoms with Crippen LogP contribution >= 0.6 is 0 Å². The van der Waals surface area contributed by atoms with Crippen LogP contribution in [0.25, 0.3) is 0 Å². The number of hydrogen-bond acceptors (Lipinski definition) is 6. The number of hydrogen-bond donors (Lipinski definition) is 2. The van der Waals surface area contributed by atoms with E-state index in [1.54, 1.807) is 11.7 Å². The maximum absolute atomic E-state index is 14.0. The van der Waals surface area contributed by atoms with Crippen LogP contribution in [-0.4, -0.2) is 62.6 Å². The van der Waals surface area contributed by atoms with Gasteiger partial charge in [-0.3, -0.25) is 9.59 Å². The van der Waals surface area contributed by atoms with E-state index in [1.165, 1.54) is 6.42 Å². The summed E-state index contributed by atoms with van der Waals surface area (Å²) in [6.07, 6.45) is 7.73. The number of nitrogens with zero attached hydrogens (tertiary/aromatic N) is 5. The van der Waals surface area contributed by atoms with Crippen LogP contribution in [0, 0.1) is 5.92 Å². The van der Waals surface area contributed by atoms with Crippen molar-refractivity contribution in [2.45, 2.75) is 83.0 Å². The molecular weight excluding hydrogens is 430 g/mol. The molecule has 2 unspecified atom stereocenters. The fourth-order valence-corrected chi connectivity index (χ4v) is 5.42. The highest BCUT2D eigenvalue weighted by molar-refractivity contribution is 5.90. The van der Waals surface area contributed by atoms with E-state index in [-0.39, 0.29) is 29.8 Å². The summed E-state index contributed by atoms with van der Waals surface area (Å²) in [5.74, 6) is 0.785. The minimum absolute atomic E-state index is 0.00275. The monoisotopic (exact) mass is 467 g/mol. The molecule has 2 fully saturated rings. The summed E-state index contributed by atoms with van der Waals surface area (Å²) < 4.78 is 1.80. The highest BCUT2D eigenvalue weighted by Crippen LogP contribution is 2.34. The standard InChI is InChI=1S/C25H37N7O2/c1-3-20(26-2)24(33)27-22(19-13-8-5-9-14-19)25(34)31-16-10-15-21(31)23-28-29-30-32(23)17-18-11-6-4-7-12-18/h4,6-7,11-12,19-22,26H,3,5,8-10,13-17H2,1-2H3,(H,27,33)/t20?,21?,22-/m0/s1. The van der Waals surface area contributed by atoms with Gasteiger partial charge in [0.1, 0.15) is 6.04 Å². The van der Waals surface area contributed by atoms with Gasteiger partial charge in [0.25, 0.3) is 0 Å². The van der Waals surface area contributed by atoms with Gasteiger partial charge < -0.3 is 15.5 Å². The minimum atomic E-state index is -0.505. The molecule has 2 aliphatic rings. The third-order valence-electron chi connectivity index (χ3n) is 7.33. The minimum Gasteiger partial charge on any atom is -0.343 e. The van der Waals surface area contributed by atoms with Crippen LogP contribution < -0.4 is 10.6 Å². The zero-order valence-electron chi connectivity index (χ0n) is 20.3. The molecule has 1 aliphatic heterocycles. The molecule has 0 spiro atoms. The van der Waals surface area contributed by atoms with Gasteiger partial charge in [0.05, 0.1) is 18.6 Å². The van der Waals surface area contributed by atoms with Crippen LogP contribution in [0.15, 0.2) is 30.3 Å². The molecule has 9 nitrogen and oxygen atoms in total. The highest BCUT2D eigenvalue weighted by atomic mass is 16.2. The van der Waals surface area contributed by atoms with E-state index in [0.717, 1.165) is 44.1 Å². The second-order valence-electron chi connectivity index (χ2n) is 9.50. The lowest BCUT2D eigenvalue weighted by Gasteiger charge is -2.35. The first-order valence-corrected chi connectivity index (χ1v) is 12.7. The van der Waals surface area contributed by atoms with E-state index in [1.807, 2.05) is 42.2 Å². The van der Waals surface area contributed by atoms with E-state index in [2.05, 4.69) is 26.2 Å². The summed E-state index contributed by atoms with van der Waals surface area (Å²) in [4.78, 5) is 28.8. The molecule has 1 aromatic heterocycles. The van der Waals surface area contributed by atoms with Crippen molar-refractivity contribution in [2.24, 2.45) is 5.92 Å². The molecular formula is C25H37N7O2. The van der Waals surface area contributed by atoms with Crippen LogP contribution in [0.4, 0.5) is 0 Å².